The van der Waals surface area contributed by atoms with Crippen molar-refractivity contribution in [2.75, 3.05) is 13.6 Å². The minimum absolute atomic E-state index is 0.0671. The molecule has 0 aromatic carbocycles. The molecule has 0 radical (unpaired) electrons. The van der Waals surface area contributed by atoms with Gasteiger partial charge in [-0.05, 0) is 25.7 Å². The van der Waals surface area contributed by atoms with Gasteiger partial charge in [0.1, 0.15) is 0 Å². The van der Waals surface area contributed by atoms with Crippen molar-refractivity contribution in [1.82, 2.24) is 10.6 Å². The highest BCUT2D eigenvalue weighted by atomic mass is 16.1. The smallest absolute Gasteiger partial charge is 0.233 e. The van der Waals surface area contributed by atoms with E-state index in [0.717, 1.165) is 5.92 Å². The number of hydrogen-bond acceptors (Lipinski definition) is 2. The predicted molar refractivity (Wildman–Crippen MR) is 44.3 cm³/mol. The van der Waals surface area contributed by atoms with E-state index in [2.05, 4.69) is 17.6 Å². The number of likely N-dealkylation sites (N-methyl/N-ethyl adjacent to an activating group) is 1. The molecule has 3 heteroatoms. The molecule has 1 fully saturated rings. The van der Waals surface area contributed by atoms with Crippen LogP contribution in [0.2, 0.25) is 0 Å². The van der Waals surface area contributed by atoms with E-state index in [1.165, 1.54) is 12.8 Å². The van der Waals surface area contributed by atoms with Gasteiger partial charge in [0.15, 0.2) is 0 Å². The molecule has 1 amide bonds. The topological polar surface area (TPSA) is 41.1 Å². The molecular weight excluding hydrogens is 140 g/mol. The van der Waals surface area contributed by atoms with Gasteiger partial charge in [0.2, 0.25) is 5.91 Å². The molecular formula is C8H16N2O. The van der Waals surface area contributed by atoms with Crippen LogP contribution in [0.1, 0.15) is 19.8 Å². The van der Waals surface area contributed by atoms with E-state index in [-0.39, 0.29) is 5.91 Å². The second-order valence-corrected chi connectivity index (χ2v) is 3.18. The van der Waals surface area contributed by atoms with E-state index in [9.17, 15) is 4.79 Å². The maximum absolute atomic E-state index is 10.8. The third-order valence-electron chi connectivity index (χ3n) is 2.19. The van der Waals surface area contributed by atoms with Gasteiger partial charge in [-0.1, -0.05) is 0 Å². The fraction of sp³-hybridized carbons (Fsp3) is 0.875. The molecule has 0 bridgehead atoms. The van der Waals surface area contributed by atoms with E-state index in [4.69, 9.17) is 0 Å². The highest BCUT2D eigenvalue weighted by Crippen LogP contribution is 2.32. The second-order valence-electron chi connectivity index (χ2n) is 3.18. The van der Waals surface area contributed by atoms with E-state index < -0.39 is 0 Å². The van der Waals surface area contributed by atoms with Gasteiger partial charge in [0, 0.05) is 13.1 Å². The molecule has 0 saturated heterocycles. The highest BCUT2D eigenvalue weighted by Gasteiger charge is 2.27. The summed E-state index contributed by atoms with van der Waals surface area (Å²) in [6, 6.07) is 0.507. The van der Waals surface area contributed by atoms with Crippen molar-refractivity contribution in [3.8, 4) is 0 Å². The molecule has 0 aromatic heterocycles. The van der Waals surface area contributed by atoms with Gasteiger partial charge >= 0.3 is 0 Å². The average molecular weight is 156 g/mol. The van der Waals surface area contributed by atoms with E-state index in [0.29, 0.717) is 12.6 Å². The Morgan fingerprint density at radius 2 is 2.27 bits per heavy atom. The summed E-state index contributed by atoms with van der Waals surface area (Å²) >= 11 is 0. The van der Waals surface area contributed by atoms with Gasteiger partial charge < -0.3 is 10.6 Å². The van der Waals surface area contributed by atoms with Crippen LogP contribution in [0.4, 0.5) is 0 Å². The minimum Gasteiger partial charge on any atom is -0.358 e. The lowest BCUT2D eigenvalue weighted by molar-refractivity contribution is -0.119. The van der Waals surface area contributed by atoms with E-state index in [1.807, 2.05) is 0 Å². The fourth-order valence-corrected chi connectivity index (χ4v) is 1.10. The molecule has 1 atom stereocenters. The molecule has 3 nitrogen and oxygen atoms in total. The fourth-order valence-electron chi connectivity index (χ4n) is 1.10. The van der Waals surface area contributed by atoms with Crippen LogP contribution >= 0.6 is 0 Å². The molecule has 1 aliphatic carbocycles. The third kappa shape index (κ3) is 2.89. The van der Waals surface area contributed by atoms with Crippen LogP contribution in [0.3, 0.4) is 0 Å². The van der Waals surface area contributed by atoms with Crippen LogP contribution in [0, 0.1) is 5.92 Å². The Morgan fingerprint density at radius 3 is 2.73 bits per heavy atom. The molecule has 2 N–H and O–H groups in total. The number of rotatable bonds is 4. The van der Waals surface area contributed by atoms with Crippen molar-refractivity contribution < 1.29 is 4.79 Å². The highest BCUT2D eigenvalue weighted by molar-refractivity contribution is 5.77. The summed E-state index contributed by atoms with van der Waals surface area (Å²) in [6.45, 7) is 2.59. The van der Waals surface area contributed by atoms with Gasteiger partial charge in [0.05, 0.1) is 6.54 Å². The molecule has 1 unspecified atom stereocenters. The van der Waals surface area contributed by atoms with Crippen molar-refractivity contribution in [3.63, 3.8) is 0 Å². The lowest BCUT2D eigenvalue weighted by Gasteiger charge is -2.10. The Labute approximate surface area is 67.5 Å². The number of carbonyl (C=O) groups is 1. The van der Waals surface area contributed by atoms with Crippen molar-refractivity contribution in [2.24, 2.45) is 5.92 Å². The summed E-state index contributed by atoms with van der Waals surface area (Å²) in [4.78, 5) is 10.8. The Kier molecular flexibility index (Phi) is 2.88. The quantitative estimate of drug-likeness (QED) is 0.607. The molecule has 0 aromatic rings. The van der Waals surface area contributed by atoms with Crippen LogP contribution < -0.4 is 10.6 Å². The molecule has 64 valence electrons. The van der Waals surface area contributed by atoms with Gasteiger partial charge in [-0.25, -0.2) is 0 Å². The summed E-state index contributed by atoms with van der Waals surface area (Å²) in [5, 5.41) is 5.76. The molecule has 0 spiro atoms. The SMILES string of the molecule is CNC(=O)CNC(C)C1CC1. The maximum Gasteiger partial charge on any atom is 0.233 e. The van der Waals surface area contributed by atoms with Crippen molar-refractivity contribution in [3.05, 3.63) is 0 Å². The Bertz CT molecular complexity index is 143. The molecule has 0 aliphatic heterocycles. The summed E-state index contributed by atoms with van der Waals surface area (Å²) in [5.41, 5.74) is 0. The Balaban J connectivity index is 2.05. The standard InChI is InChI=1S/C8H16N2O/c1-6(7-3-4-7)10-5-8(11)9-2/h6-7,10H,3-5H2,1-2H3,(H,9,11). The zero-order valence-corrected chi connectivity index (χ0v) is 7.18. The van der Waals surface area contributed by atoms with Crippen LogP contribution in [-0.4, -0.2) is 25.5 Å². The second kappa shape index (κ2) is 3.72. The largest absolute Gasteiger partial charge is 0.358 e. The van der Waals surface area contributed by atoms with Crippen LogP contribution in [0.5, 0.6) is 0 Å². The summed E-state index contributed by atoms with van der Waals surface area (Å²) in [6.07, 6.45) is 2.64. The molecule has 1 aliphatic rings. The number of nitrogens with one attached hydrogen (secondary N) is 2. The first-order chi connectivity index (χ1) is 5.24. The van der Waals surface area contributed by atoms with Gasteiger partial charge in [0.25, 0.3) is 0 Å². The van der Waals surface area contributed by atoms with Crippen LogP contribution in [0.15, 0.2) is 0 Å². The minimum atomic E-state index is 0.0671. The zero-order chi connectivity index (χ0) is 8.27. The molecule has 11 heavy (non-hydrogen) atoms. The maximum atomic E-state index is 10.8. The first-order valence-corrected chi connectivity index (χ1v) is 4.18. The first kappa shape index (κ1) is 8.53. The van der Waals surface area contributed by atoms with Crippen molar-refractivity contribution >= 4 is 5.91 Å². The van der Waals surface area contributed by atoms with Crippen LogP contribution in [0.25, 0.3) is 0 Å². The number of amides is 1. The first-order valence-electron chi connectivity index (χ1n) is 4.18. The average Bonchev–Trinajstić information content (AvgIpc) is 2.81. The normalized spacial score (nSPS) is 19.5. The third-order valence-corrected chi connectivity index (χ3v) is 2.19. The van der Waals surface area contributed by atoms with E-state index >= 15 is 0 Å². The monoisotopic (exact) mass is 156 g/mol. The Hall–Kier alpha value is -0.570. The summed E-state index contributed by atoms with van der Waals surface area (Å²) in [5.74, 6) is 0.886. The van der Waals surface area contributed by atoms with Crippen LogP contribution in [-0.2, 0) is 4.79 Å². The van der Waals surface area contributed by atoms with Crippen molar-refractivity contribution in [2.45, 2.75) is 25.8 Å². The summed E-state index contributed by atoms with van der Waals surface area (Å²) in [7, 11) is 1.66. The zero-order valence-electron chi connectivity index (χ0n) is 7.18. The van der Waals surface area contributed by atoms with Gasteiger partial charge in [-0.3, -0.25) is 4.79 Å². The molecule has 1 saturated carbocycles. The molecule has 1 rings (SSSR count). The lowest BCUT2D eigenvalue weighted by Crippen LogP contribution is -2.37. The summed E-state index contributed by atoms with van der Waals surface area (Å²) < 4.78 is 0. The lowest BCUT2D eigenvalue weighted by atomic mass is 10.2. The number of hydrogen-bond donors (Lipinski definition) is 2. The van der Waals surface area contributed by atoms with Gasteiger partial charge in [-0.15, -0.1) is 0 Å². The van der Waals surface area contributed by atoms with Gasteiger partial charge in [-0.2, -0.15) is 0 Å². The Morgan fingerprint density at radius 1 is 1.64 bits per heavy atom. The van der Waals surface area contributed by atoms with Crippen molar-refractivity contribution in [1.29, 1.82) is 0 Å². The number of carbonyl (C=O) groups excluding carboxylic acids is 1. The molecule has 0 heterocycles. The van der Waals surface area contributed by atoms with E-state index in [1.54, 1.807) is 7.05 Å². The predicted octanol–water partition coefficient (Wildman–Crippen LogP) is 0.120.